The van der Waals surface area contributed by atoms with E-state index in [4.69, 9.17) is 29.3 Å². The van der Waals surface area contributed by atoms with E-state index in [0.717, 1.165) is 71.6 Å². The molecule has 0 radical (unpaired) electrons. The Balaban J connectivity index is 1.18. The molecule has 2 atom stereocenters. The number of benzene rings is 2. The fourth-order valence-electron chi connectivity index (χ4n) is 9.37. The van der Waals surface area contributed by atoms with Crippen LogP contribution in [0.15, 0.2) is 30.3 Å². The van der Waals surface area contributed by atoms with Crippen molar-refractivity contribution in [3.63, 3.8) is 0 Å². The molecule has 2 fully saturated rings. The fourth-order valence-corrected chi connectivity index (χ4v) is 9.37. The normalized spacial score (nSPS) is 21.1. The number of amides is 1. The number of halogens is 2. The summed E-state index contributed by atoms with van der Waals surface area (Å²) in [5.41, 5.74) is 4.08. The SMILES string of the molecule is CCc1c(F)ccc2cc(OCOC)cc(N3CCc4c(nc(OC[C@@]56CCCN5C[C@H](F)C6)nc4N4CCCn5nc(N(C(C)=O)C(C)C)cc5C4)C3)c12. The van der Waals surface area contributed by atoms with Crippen LogP contribution in [-0.2, 0) is 42.0 Å². The van der Waals surface area contributed by atoms with Crippen LogP contribution in [0.2, 0.25) is 0 Å². The highest BCUT2D eigenvalue weighted by atomic mass is 19.1. The molecule has 2 aromatic carbocycles. The van der Waals surface area contributed by atoms with Crippen LogP contribution in [0.25, 0.3) is 10.8 Å². The minimum Gasteiger partial charge on any atom is -0.467 e. The molecule has 12 nitrogen and oxygen atoms in total. The Morgan fingerprint density at radius 2 is 1.91 bits per heavy atom. The summed E-state index contributed by atoms with van der Waals surface area (Å²) in [6, 6.07) is 9.51. The minimum atomic E-state index is -0.866. The Morgan fingerprint density at radius 3 is 2.69 bits per heavy atom. The van der Waals surface area contributed by atoms with Crippen LogP contribution in [0.1, 0.15) is 75.9 Å². The fraction of sp³-hybridized carbons (Fsp3) is 0.561. The number of nitrogens with zero attached hydrogens (tertiary/aromatic N) is 8. The molecule has 0 bridgehead atoms. The van der Waals surface area contributed by atoms with Crippen LogP contribution in [0.4, 0.5) is 26.1 Å². The lowest BCUT2D eigenvalue weighted by atomic mass is 9.95. The Labute approximate surface area is 321 Å². The van der Waals surface area contributed by atoms with Gasteiger partial charge in [-0.15, -0.1) is 0 Å². The molecule has 0 N–H and O–H groups in total. The number of ether oxygens (including phenoxy) is 3. The van der Waals surface area contributed by atoms with E-state index in [0.29, 0.717) is 75.7 Å². The van der Waals surface area contributed by atoms with Crippen LogP contribution in [-0.4, -0.2) is 95.0 Å². The van der Waals surface area contributed by atoms with E-state index in [-0.39, 0.29) is 36.1 Å². The number of hydrogen-bond donors (Lipinski definition) is 0. The third-order valence-electron chi connectivity index (χ3n) is 11.8. The van der Waals surface area contributed by atoms with Crippen LogP contribution < -0.4 is 24.2 Å². The van der Waals surface area contributed by atoms with Crippen LogP contribution in [0.3, 0.4) is 0 Å². The van der Waals surface area contributed by atoms with E-state index in [1.165, 1.54) is 6.07 Å². The zero-order chi connectivity index (χ0) is 38.4. The maximum absolute atomic E-state index is 15.3. The third-order valence-corrected chi connectivity index (χ3v) is 11.8. The highest BCUT2D eigenvalue weighted by Crippen LogP contribution is 2.42. The van der Waals surface area contributed by atoms with Crippen molar-refractivity contribution in [3.8, 4) is 11.8 Å². The summed E-state index contributed by atoms with van der Waals surface area (Å²) in [6.07, 6.45) is 3.51. The Kier molecular flexibility index (Phi) is 10.3. The van der Waals surface area contributed by atoms with Crippen molar-refractivity contribution >= 4 is 34.0 Å². The summed E-state index contributed by atoms with van der Waals surface area (Å²) < 4.78 is 49.8. The molecule has 0 aliphatic carbocycles. The van der Waals surface area contributed by atoms with Gasteiger partial charge in [-0.3, -0.25) is 19.3 Å². The summed E-state index contributed by atoms with van der Waals surface area (Å²) in [5, 5.41) is 6.62. The van der Waals surface area contributed by atoms with E-state index in [2.05, 4.69) is 14.7 Å². The molecule has 0 saturated carbocycles. The number of carbonyl (C=O) groups excluding carboxylic acids is 1. The maximum Gasteiger partial charge on any atom is 0.318 e. The summed E-state index contributed by atoms with van der Waals surface area (Å²) in [5.74, 6) is 1.83. The Bertz CT molecular complexity index is 2080. The van der Waals surface area contributed by atoms with E-state index in [9.17, 15) is 9.18 Å². The first-order valence-electron chi connectivity index (χ1n) is 19.7. The predicted octanol–water partition coefficient (Wildman–Crippen LogP) is 6.20. The molecule has 4 aliphatic rings. The van der Waals surface area contributed by atoms with Crippen molar-refractivity contribution in [1.82, 2.24) is 24.6 Å². The number of aromatic nitrogens is 4. The molecule has 8 rings (SSSR count). The quantitative estimate of drug-likeness (QED) is 0.165. The van der Waals surface area contributed by atoms with Crippen LogP contribution in [0.5, 0.6) is 11.8 Å². The largest absolute Gasteiger partial charge is 0.467 e. The van der Waals surface area contributed by atoms with Gasteiger partial charge in [0.25, 0.3) is 0 Å². The van der Waals surface area contributed by atoms with Crippen molar-refractivity contribution < 1.29 is 27.8 Å². The Hall–Kier alpha value is -4.56. The average molecular weight is 759 g/mol. The molecule has 6 heterocycles. The highest BCUT2D eigenvalue weighted by Gasteiger charge is 2.49. The molecule has 4 aromatic rings. The number of alkyl halides is 1. The zero-order valence-corrected chi connectivity index (χ0v) is 32.6. The van der Waals surface area contributed by atoms with Crippen molar-refractivity contribution in [2.45, 2.75) is 104 Å². The van der Waals surface area contributed by atoms with Gasteiger partial charge < -0.3 is 24.0 Å². The lowest BCUT2D eigenvalue weighted by molar-refractivity contribution is -0.116. The lowest BCUT2D eigenvalue weighted by Crippen LogP contribution is -2.43. The predicted molar refractivity (Wildman–Crippen MR) is 207 cm³/mol. The molecule has 55 heavy (non-hydrogen) atoms. The Morgan fingerprint density at radius 1 is 1.05 bits per heavy atom. The number of fused-ring (bicyclic) bond motifs is 4. The second-order valence-corrected chi connectivity index (χ2v) is 15.7. The molecule has 2 saturated heterocycles. The number of aryl methyl sites for hydroxylation is 2. The lowest BCUT2D eigenvalue weighted by Gasteiger charge is -2.35. The topological polar surface area (TPSA) is 101 Å². The number of anilines is 3. The molecule has 294 valence electrons. The first-order chi connectivity index (χ1) is 26.6. The van der Waals surface area contributed by atoms with Gasteiger partial charge in [-0.05, 0) is 75.6 Å². The van der Waals surface area contributed by atoms with E-state index in [1.54, 1.807) is 25.0 Å². The molecular formula is C41H52F2N8O4. The first-order valence-corrected chi connectivity index (χ1v) is 19.7. The maximum atomic E-state index is 15.3. The number of carbonyl (C=O) groups is 1. The van der Waals surface area contributed by atoms with Crippen molar-refractivity contribution in [2.75, 3.05) is 61.4 Å². The van der Waals surface area contributed by atoms with Crippen LogP contribution >= 0.6 is 0 Å². The van der Waals surface area contributed by atoms with E-state index < -0.39 is 6.17 Å². The number of methoxy groups -OCH3 is 1. The standard InChI is InChI=1S/C41H52F2N8O4/c1-6-32-34(43)10-9-28-17-31(55-25-53-5)19-36(38(28)32)47-16-11-33-35(23-47)44-40(54-24-41-12-7-14-49(41)21-29(42)20-41)45-39(33)48-13-8-15-50-30(22-48)18-37(46-50)51(26(2)3)27(4)52/h9-10,17-19,26,29H,6-8,11-16,20-25H2,1-5H3/t29-,41+/m1/s1. The summed E-state index contributed by atoms with van der Waals surface area (Å²) >= 11 is 0. The van der Waals surface area contributed by atoms with Gasteiger partial charge in [-0.2, -0.15) is 15.1 Å². The smallest absolute Gasteiger partial charge is 0.318 e. The van der Waals surface area contributed by atoms with Crippen molar-refractivity contribution in [1.29, 1.82) is 0 Å². The van der Waals surface area contributed by atoms with Crippen molar-refractivity contribution in [3.05, 3.63) is 58.7 Å². The van der Waals surface area contributed by atoms with Gasteiger partial charge >= 0.3 is 6.01 Å². The molecular weight excluding hydrogens is 706 g/mol. The molecule has 0 spiro atoms. The molecule has 4 aliphatic heterocycles. The monoisotopic (exact) mass is 758 g/mol. The van der Waals surface area contributed by atoms with E-state index >= 15 is 4.39 Å². The van der Waals surface area contributed by atoms with Gasteiger partial charge in [0, 0.05) is 81.4 Å². The molecule has 0 unspecified atom stereocenters. The van der Waals surface area contributed by atoms with Gasteiger partial charge in [0.2, 0.25) is 5.91 Å². The second-order valence-electron chi connectivity index (χ2n) is 15.7. The molecule has 14 heteroatoms. The summed E-state index contributed by atoms with van der Waals surface area (Å²) in [4.78, 5) is 31.3. The number of hydrogen-bond acceptors (Lipinski definition) is 10. The van der Waals surface area contributed by atoms with Crippen molar-refractivity contribution in [2.24, 2.45) is 0 Å². The van der Waals surface area contributed by atoms with Gasteiger partial charge in [-0.25, -0.2) is 8.78 Å². The van der Waals surface area contributed by atoms with Gasteiger partial charge in [0.05, 0.1) is 30.0 Å². The average Bonchev–Trinajstić information content (AvgIpc) is 3.78. The van der Waals surface area contributed by atoms with E-state index in [1.807, 2.05) is 43.7 Å². The summed E-state index contributed by atoms with van der Waals surface area (Å²) in [6.45, 7) is 12.4. The first kappa shape index (κ1) is 37.4. The minimum absolute atomic E-state index is 0.0265. The number of rotatable bonds is 11. The van der Waals surface area contributed by atoms with Crippen LogP contribution in [0, 0.1) is 5.82 Å². The second kappa shape index (κ2) is 15.2. The van der Waals surface area contributed by atoms with Gasteiger partial charge in [0.15, 0.2) is 12.6 Å². The molecule has 2 aromatic heterocycles. The third kappa shape index (κ3) is 7.07. The highest BCUT2D eigenvalue weighted by molar-refractivity contribution is 5.98. The van der Waals surface area contributed by atoms with Gasteiger partial charge in [-0.1, -0.05) is 13.0 Å². The summed E-state index contributed by atoms with van der Waals surface area (Å²) in [7, 11) is 1.58. The molecule has 1 amide bonds. The zero-order valence-electron chi connectivity index (χ0n) is 32.6. The van der Waals surface area contributed by atoms with Gasteiger partial charge in [0.1, 0.15) is 30.2 Å².